The third kappa shape index (κ3) is 2.22. The monoisotopic (exact) mass is 164 g/mol. The minimum atomic E-state index is 0.609. The topological polar surface area (TPSA) is 25.2 Å². The lowest BCUT2D eigenvalue weighted by Crippen LogP contribution is -1.86. The second kappa shape index (κ2) is 3.96. The van der Waals surface area contributed by atoms with Crippen molar-refractivity contribution in [2.24, 2.45) is 4.99 Å². The van der Waals surface area contributed by atoms with Crippen LogP contribution in [-0.4, -0.2) is 10.1 Å². The standard InChI is InChI=1S/C8H8N2S/c1-7-4-9-3-2-8(7)5-10-6-11/h2-4H,5H2,1H3. The van der Waals surface area contributed by atoms with Gasteiger partial charge in [0.25, 0.3) is 0 Å². The third-order valence-electron chi connectivity index (χ3n) is 1.45. The van der Waals surface area contributed by atoms with Crippen molar-refractivity contribution in [2.75, 3.05) is 0 Å². The van der Waals surface area contributed by atoms with Crippen molar-refractivity contribution >= 4 is 17.4 Å². The van der Waals surface area contributed by atoms with Crippen LogP contribution in [0, 0.1) is 6.92 Å². The summed E-state index contributed by atoms with van der Waals surface area (Å²) in [5.41, 5.74) is 2.29. The van der Waals surface area contributed by atoms with Gasteiger partial charge in [-0.3, -0.25) is 4.98 Å². The molecule has 1 aromatic rings. The van der Waals surface area contributed by atoms with Crippen molar-refractivity contribution in [3.05, 3.63) is 29.6 Å². The van der Waals surface area contributed by atoms with Crippen molar-refractivity contribution < 1.29 is 0 Å². The van der Waals surface area contributed by atoms with Crippen LogP contribution < -0.4 is 0 Å². The number of hydrogen-bond donors (Lipinski definition) is 0. The lowest BCUT2D eigenvalue weighted by Gasteiger charge is -1.97. The highest BCUT2D eigenvalue weighted by molar-refractivity contribution is 7.78. The molecule has 0 atom stereocenters. The highest BCUT2D eigenvalue weighted by atomic mass is 32.1. The first-order valence-corrected chi connectivity index (χ1v) is 3.68. The fraction of sp³-hybridized carbons (Fsp3) is 0.250. The third-order valence-corrected chi connectivity index (χ3v) is 1.58. The first-order valence-electron chi connectivity index (χ1n) is 3.27. The van der Waals surface area contributed by atoms with Gasteiger partial charge in [-0.1, -0.05) is 0 Å². The maximum atomic E-state index is 4.46. The van der Waals surface area contributed by atoms with E-state index in [1.807, 2.05) is 19.2 Å². The van der Waals surface area contributed by atoms with Crippen LogP contribution >= 0.6 is 12.2 Å². The molecule has 0 aliphatic heterocycles. The molecule has 0 aliphatic rings. The summed E-state index contributed by atoms with van der Waals surface area (Å²) >= 11 is 4.46. The van der Waals surface area contributed by atoms with Crippen molar-refractivity contribution in [2.45, 2.75) is 13.5 Å². The van der Waals surface area contributed by atoms with Gasteiger partial charge in [-0.05, 0) is 36.3 Å². The van der Waals surface area contributed by atoms with Crippen LogP contribution in [0.1, 0.15) is 11.1 Å². The zero-order valence-corrected chi connectivity index (χ0v) is 7.06. The minimum Gasteiger partial charge on any atom is -0.264 e. The highest BCUT2D eigenvalue weighted by Gasteiger charge is 1.93. The molecule has 0 radical (unpaired) electrons. The van der Waals surface area contributed by atoms with Gasteiger partial charge in [0, 0.05) is 12.4 Å². The van der Waals surface area contributed by atoms with Crippen LogP contribution in [-0.2, 0) is 6.54 Å². The molecule has 0 saturated heterocycles. The summed E-state index contributed by atoms with van der Waals surface area (Å²) in [6.07, 6.45) is 3.56. The number of pyridine rings is 1. The van der Waals surface area contributed by atoms with Gasteiger partial charge in [0.2, 0.25) is 0 Å². The van der Waals surface area contributed by atoms with E-state index < -0.39 is 0 Å². The Morgan fingerprint density at radius 1 is 1.73 bits per heavy atom. The molecular formula is C8H8N2S. The molecule has 0 aromatic carbocycles. The van der Waals surface area contributed by atoms with Crippen LogP contribution in [0.5, 0.6) is 0 Å². The van der Waals surface area contributed by atoms with Crippen molar-refractivity contribution in [1.82, 2.24) is 4.98 Å². The van der Waals surface area contributed by atoms with Gasteiger partial charge in [0.05, 0.1) is 11.7 Å². The Labute approximate surface area is 71.0 Å². The molecule has 1 aromatic heterocycles. The Hall–Kier alpha value is -1.05. The highest BCUT2D eigenvalue weighted by Crippen LogP contribution is 2.05. The SMILES string of the molecule is Cc1cnccc1CN=C=S. The van der Waals surface area contributed by atoms with Crippen LogP contribution in [0.25, 0.3) is 0 Å². The summed E-state index contributed by atoms with van der Waals surface area (Å²) in [5, 5.41) is 2.33. The number of thiocarbonyl (C=S) groups is 1. The van der Waals surface area contributed by atoms with Crippen LogP contribution in [0.15, 0.2) is 23.5 Å². The maximum absolute atomic E-state index is 4.46. The first kappa shape index (κ1) is 8.05. The summed E-state index contributed by atoms with van der Waals surface area (Å²) in [7, 11) is 0. The molecule has 0 bridgehead atoms. The molecule has 0 saturated carbocycles. The molecule has 0 amide bonds. The van der Waals surface area contributed by atoms with Crippen molar-refractivity contribution in [1.29, 1.82) is 0 Å². The van der Waals surface area contributed by atoms with Crippen molar-refractivity contribution in [3.63, 3.8) is 0 Å². The lowest BCUT2D eigenvalue weighted by atomic mass is 10.2. The van der Waals surface area contributed by atoms with E-state index in [0.29, 0.717) is 6.54 Å². The van der Waals surface area contributed by atoms with E-state index in [0.717, 1.165) is 11.1 Å². The van der Waals surface area contributed by atoms with E-state index in [2.05, 4.69) is 27.4 Å². The molecule has 0 fully saturated rings. The molecule has 1 rings (SSSR count). The maximum Gasteiger partial charge on any atom is 0.0746 e. The van der Waals surface area contributed by atoms with Gasteiger partial charge in [-0.25, -0.2) is 4.99 Å². The van der Waals surface area contributed by atoms with Crippen LogP contribution in [0.3, 0.4) is 0 Å². The van der Waals surface area contributed by atoms with Crippen molar-refractivity contribution in [3.8, 4) is 0 Å². The Kier molecular flexibility index (Phi) is 2.90. The van der Waals surface area contributed by atoms with E-state index in [-0.39, 0.29) is 0 Å². The zero-order valence-electron chi connectivity index (χ0n) is 6.24. The normalized spacial score (nSPS) is 8.82. The Bertz CT molecular complexity index is 290. The number of nitrogens with zero attached hydrogens (tertiary/aromatic N) is 2. The molecule has 0 aliphatic carbocycles. The van der Waals surface area contributed by atoms with E-state index in [4.69, 9.17) is 0 Å². The van der Waals surface area contributed by atoms with E-state index in [1.54, 1.807) is 6.20 Å². The summed E-state index contributed by atoms with van der Waals surface area (Å²) in [5.74, 6) is 0. The Morgan fingerprint density at radius 3 is 3.18 bits per heavy atom. The summed E-state index contributed by atoms with van der Waals surface area (Å²) in [6, 6.07) is 1.94. The van der Waals surface area contributed by atoms with Gasteiger partial charge in [0.15, 0.2) is 0 Å². The number of aliphatic imine (C=N–C) groups is 1. The zero-order chi connectivity index (χ0) is 8.10. The molecule has 0 unspecified atom stereocenters. The van der Waals surface area contributed by atoms with Crippen LogP contribution in [0.4, 0.5) is 0 Å². The number of aryl methyl sites for hydroxylation is 1. The van der Waals surface area contributed by atoms with E-state index in [9.17, 15) is 0 Å². The average Bonchev–Trinajstić information content (AvgIpc) is 2.03. The second-order valence-electron chi connectivity index (χ2n) is 2.21. The quantitative estimate of drug-likeness (QED) is 0.493. The Morgan fingerprint density at radius 2 is 2.55 bits per heavy atom. The lowest BCUT2D eigenvalue weighted by molar-refractivity contribution is 1.04. The molecule has 11 heavy (non-hydrogen) atoms. The molecule has 1 heterocycles. The molecule has 56 valence electrons. The summed E-state index contributed by atoms with van der Waals surface area (Å²) < 4.78 is 0. The number of hydrogen-bond acceptors (Lipinski definition) is 3. The van der Waals surface area contributed by atoms with Gasteiger partial charge in [0.1, 0.15) is 0 Å². The summed E-state index contributed by atoms with van der Waals surface area (Å²) in [4.78, 5) is 7.80. The Balaban J connectivity index is 2.85. The molecule has 0 spiro atoms. The van der Waals surface area contributed by atoms with Gasteiger partial charge < -0.3 is 0 Å². The van der Waals surface area contributed by atoms with Gasteiger partial charge in [-0.2, -0.15) is 0 Å². The largest absolute Gasteiger partial charge is 0.264 e. The first-order chi connectivity index (χ1) is 5.34. The molecular weight excluding hydrogens is 156 g/mol. The smallest absolute Gasteiger partial charge is 0.0746 e. The fourth-order valence-electron chi connectivity index (χ4n) is 0.797. The summed E-state index contributed by atoms with van der Waals surface area (Å²) in [6.45, 7) is 2.61. The molecule has 2 nitrogen and oxygen atoms in total. The number of isothiocyanates is 1. The van der Waals surface area contributed by atoms with E-state index in [1.165, 1.54) is 0 Å². The predicted octanol–water partition coefficient (Wildman–Crippen LogP) is 1.99. The second-order valence-corrected chi connectivity index (χ2v) is 2.39. The average molecular weight is 164 g/mol. The van der Waals surface area contributed by atoms with Gasteiger partial charge >= 0.3 is 0 Å². The number of rotatable bonds is 2. The minimum absolute atomic E-state index is 0.609. The van der Waals surface area contributed by atoms with E-state index >= 15 is 0 Å². The predicted molar refractivity (Wildman–Crippen MR) is 47.7 cm³/mol. The number of aromatic nitrogens is 1. The van der Waals surface area contributed by atoms with Crippen LogP contribution in [0.2, 0.25) is 0 Å². The molecule has 3 heteroatoms. The van der Waals surface area contributed by atoms with Gasteiger partial charge in [-0.15, -0.1) is 0 Å². The fourth-order valence-corrected chi connectivity index (χ4v) is 0.862. The molecule has 0 N–H and O–H groups in total.